The van der Waals surface area contributed by atoms with E-state index in [9.17, 15) is 4.79 Å². The lowest BCUT2D eigenvalue weighted by molar-refractivity contribution is 0.102. The van der Waals surface area contributed by atoms with Gasteiger partial charge < -0.3 is 24.8 Å². The summed E-state index contributed by atoms with van der Waals surface area (Å²) in [5.74, 6) is 2.19. The third-order valence-corrected chi connectivity index (χ3v) is 4.01. The van der Waals surface area contributed by atoms with Gasteiger partial charge in [-0.2, -0.15) is 0 Å². The maximum absolute atomic E-state index is 12.5. The van der Waals surface area contributed by atoms with Crippen molar-refractivity contribution in [1.82, 2.24) is 4.98 Å². The summed E-state index contributed by atoms with van der Waals surface area (Å²) in [5.41, 5.74) is 1.89. The van der Waals surface area contributed by atoms with Gasteiger partial charge in [0, 0.05) is 17.3 Å². The third-order valence-electron chi connectivity index (χ3n) is 4.01. The zero-order valence-corrected chi connectivity index (χ0v) is 15.9. The number of benzene rings is 2. The number of ether oxygens (including phenoxy) is 3. The number of hydrogen-bond acceptors (Lipinski definition) is 6. The van der Waals surface area contributed by atoms with Gasteiger partial charge in [0.2, 0.25) is 0 Å². The highest BCUT2D eigenvalue weighted by atomic mass is 16.5. The highest BCUT2D eigenvalue weighted by Gasteiger charge is 2.11. The summed E-state index contributed by atoms with van der Waals surface area (Å²) in [6.45, 7) is 0. The largest absolute Gasteiger partial charge is 0.497 e. The Kier molecular flexibility index (Phi) is 5.96. The van der Waals surface area contributed by atoms with E-state index in [0.29, 0.717) is 28.6 Å². The van der Waals surface area contributed by atoms with E-state index < -0.39 is 0 Å². The number of aromatic nitrogens is 1. The van der Waals surface area contributed by atoms with Crippen LogP contribution in [0.25, 0.3) is 0 Å². The molecule has 0 atom stereocenters. The lowest BCUT2D eigenvalue weighted by Crippen LogP contribution is -2.12. The van der Waals surface area contributed by atoms with E-state index in [4.69, 9.17) is 14.2 Å². The van der Waals surface area contributed by atoms with Gasteiger partial charge in [-0.15, -0.1) is 0 Å². The Balaban J connectivity index is 1.67. The van der Waals surface area contributed by atoms with E-state index in [1.54, 1.807) is 50.7 Å². The van der Waals surface area contributed by atoms with Gasteiger partial charge >= 0.3 is 0 Å². The fourth-order valence-corrected chi connectivity index (χ4v) is 2.57. The van der Waals surface area contributed by atoms with Crippen molar-refractivity contribution in [2.24, 2.45) is 0 Å². The van der Waals surface area contributed by atoms with Crippen LogP contribution in [0.15, 0.2) is 60.8 Å². The van der Waals surface area contributed by atoms with Crippen LogP contribution in [0.2, 0.25) is 0 Å². The molecule has 2 aromatic carbocycles. The number of nitrogens with zero attached hydrogens (tertiary/aromatic N) is 1. The van der Waals surface area contributed by atoms with Crippen molar-refractivity contribution < 1.29 is 19.0 Å². The predicted molar refractivity (Wildman–Crippen MR) is 108 cm³/mol. The van der Waals surface area contributed by atoms with E-state index in [0.717, 1.165) is 11.4 Å². The molecular formula is C21H21N3O4. The summed E-state index contributed by atoms with van der Waals surface area (Å²) in [4.78, 5) is 16.8. The first-order chi connectivity index (χ1) is 13.6. The van der Waals surface area contributed by atoms with Gasteiger partial charge in [-0.1, -0.05) is 6.07 Å². The smallest absolute Gasteiger partial charge is 0.255 e. The summed E-state index contributed by atoms with van der Waals surface area (Å²) >= 11 is 0. The van der Waals surface area contributed by atoms with Crippen LogP contribution in [0, 0.1) is 0 Å². The molecule has 0 radical (unpaired) electrons. The molecule has 7 heteroatoms. The zero-order valence-electron chi connectivity index (χ0n) is 15.9. The molecule has 3 rings (SSSR count). The fraction of sp³-hybridized carbons (Fsp3) is 0.143. The topological polar surface area (TPSA) is 81.7 Å². The first kappa shape index (κ1) is 19.0. The maximum Gasteiger partial charge on any atom is 0.255 e. The quantitative estimate of drug-likeness (QED) is 0.643. The number of pyridine rings is 1. The molecule has 0 fully saturated rings. The Bertz CT molecular complexity index is 958. The average molecular weight is 379 g/mol. The van der Waals surface area contributed by atoms with Gasteiger partial charge in [0.1, 0.15) is 11.6 Å². The minimum Gasteiger partial charge on any atom is -0.497 e. The molecule has 144 valence electrons. The van der Waals surface area contributed by atoms with E-state index in [1.165, 1.54) is 7.11 Å². The van der Waals surface area contributed by atoms with Crippen molar-refractivity contribution in [3.63, 3.8) is 0 Å². The molecule has 28 heavy (non-hydrogen) atoms. The highest BCUT2D eigenvalue weighted by molar-refractivity contribution is 6.04. The number of rotatable bonds is 7. The van der Waals surface area contributed by atoms with Crippen LogP contribution in [0.1, 0.15) is 10.4 Å². The molecule has 0 bridgehead atoms. The molecular weight excluding hydrogens is 358 g/mol. The molecule has 3 aromatic rings. The summed E-state index contributed by atoms with van der Waals surface area (Å²) in [6, 6.07) is 16.1. The predicted octanol–water partition coefficient (Wildman–Crippen LogP) is 4.10. The molecule has 0 spiro atoms. The highest BCUT2D eigenvalue weighted by Crippen LogP contribution is 2.28. The number of anilines is 3. The monoisotopic (exact) mass is 379 g/mol. The SMILES string of the molecule is COc1cccc(Nc2ccc(NC(=O)c3ccc(OC)c(OC)c3)cn2)c1. The van der Waals surface area contributed by atoms with Crippen molar-refractivity contribution >= 4 is 23.1 Å². The van der Waals surface area contributed by atoms with Crippen LogP contribution in [0.4, 0.5) is 17.2 Å². The third kappa shape index (κ3) is 4.50. The van der Waals surface area contributed by atoms with E-state index in [-0.39, 0.29) is 5.91 Å². The zero-order chi connectivity index (χ0) is 19.9. The standard InChI is InChI=1S/C21H21N3O4/c1-26-17-6-4-5-15(12-17)23-20-10-8-16(13-22-20)24-21(25)14-7-9-18(27-2)19(11-14)28-3/h4-13H,1-3H3,(H,22,23)(H,24,25). The molecule has 1 aromatic heterocycles. The lowest BCUT2D eigenvalue weighted by atomic mass is 10.2. The van der Waals surface area contributed by atoms with Gasteiger partial charge in [0.05, 0.1) is 33.2 Å². The van der Waals surface area contributed by atoms with Gasteiger partial charge in [-0.25, -0.2) is 4.98 Å². The second kappa shape index (κ2) is 8.77. The Morgan fingerprint density at radius 1 is 0.857 bits per heavy atom. The molecule has 0 aliphatic heterocycles. The minimum absolute atomic E-state index is 0.267. The molecule has 1 heterocycles. The van der Waals surface area contributed by atoms with Crippen LogP contribution >= 0.6 is 0 Å². The van der Waals surface area contributed by atoms with Crippen LogP contribution in [0.5, 0.6) is 17.2 Å². The maximum atomic E-state index is 12.5. The van der Waals surface area contributed by atoms with Crippen LogP contribution < -0.4 is 24.8 Å². The second-order valence-corrected chi connectivity index (χ2v) is 5.81. The first-order valence-corrected chi connectivity index (χ1v) is 8.53. The van der Waals surface area contributed by atoms with Crippen molar-refractivity contribution in [1.29, 1.82) is 0 Å². The number of hydrogen-bond donors (Lipinski definition) is 2. The second-order valence-electron chi connectivity index (χ2n) is 5.81. The normalized spacial score (nSPS) is 10.1. The molecule has 2 N–H and O–H groups in total. The van der Waals surface area contributed by atoms with Crippen molar-refractivity contribution in [2.45, 2.75) is 0 Å². The Morgan fingerprint density at radius 2 is 1.68 bits per heavy atom. The number of carbonyl (C=O) groups excluding carboxylic acids is 1. The van der Waals surface area contributed by atoms with Gasteiger partial charge in [-0.05, 0) is 42.5 Å². The molecule has 0 saturated heterocycles. The molecule has 0 unspecified atom stereocenters. The minimum atomic E-state index is -0.267. The van der Waals surface area contributed by atoms with Gasteiger partial charge in [-0.3, -0.25) is 4.79 Å². The Hall–Kier alpha value is -3.74. The number of amides is 1. The number of nitrogens with one attached hydrogen (secondary N) is 2. The Labute approximate surface area is 163 Å². The Morgan fingerprint density at radius 3 is 2.36 bits per heavy atom. The van der Waals surface area contributed by atoms with E-state index in [1.807, 2.05) is 24.3 Å². The molecule has 0 aliphatic carbocycles. The van der Waals surface area contributed by atoms with E-state index >= 15 is 0 Å². The summed E-state index contributed by atoms with van der Waals surface area (Å²) in [5, 5.41) is 6.00. The average Bonchev–Trinajstić information content (AvgIpc) is 2.74. The first-order valence-electron chi connectivity index (χ1n) is 8.53. The van der Waals surface area contributed by atoms with Crippen LogP contribution in [0.3, 0.4) is 0 Å². The van der Waals surface area contributed by atoms with Crippen molar-refractivity contribution in [2.75, 3.05) is 32.0 Å². The van der Waals surface area contributed by atoms with E-state index in [2.05, 4.69) is 15.6 Å². The summed E-state index contributed by atoms with van der Waals surface area (Å²) in [6.07, 6.45) is 1.58. The molecule has 7 nitrogen and oxygen atoms in total. The number of carbonyl (C=O) groups is 1. The molecule has 0 aliphatic rings. The van der Waals surface area contributed by atoms with Gasteiger partial charge in [0.25, 0.3) is 5.91 Å². The summed E-state index contributed by atoms with van der Waals surface area (Å²) in [7, 11) is 4.69. The van der Waals surface area contributed by atoms with Crippen LogP contribution in [-0.4, -0.2) is 32.2 Å². The fourth-order valence-electron chi connectivity index (χ4n) is 2.57. The van der Waals surface area contributed by atoms with Crippen LogP contribution in [-0.2, 0) is 0 Å². The van der Waals surface area contributed by atoms with Gasteiger partial charge in [0.15, 0.2) is 11.5 Å². The summed E-state index contributed by atoms with van der Waals surface area (Å²) < 4.78 is 15.6. The molecule has 0 saturated carbocycles. The lowest BCUT2D eigenvalue weighted by Gasteiger charge is -2.11. The van der Waals surface area contributed by atoms with Crippen molar-refractivity contribution in [3.05, 3.63) is 66.4 Å². The number of methoxy groups -OCH3 is 3. The molecule has 1 amide bonds. The van der Waals surface area contributed by atoms with Crippen molar-refractivity contribution in [3.8, 4) is 17.2 Å².